The number of carbonyl (C=O) groups is 2. The first kappa shape index (κ1) is 16.1. The summed E-state index contributed by atoms with van der Waals surface area (Å²) in [5.41, 5.74) is 0.922. The van der Waals surface area contributed by atoms with Crippen LogP contribution in [0.1, 0.15) is 38.2 Å². The summed E-state index contributed by atoms with van der Waals surface area (Å²) in [6, 6.07) is 9.21. The summed E-state index contributed by atoms with van der Waals surface area (Å²) < 4.78 is 0. The van der Waals surface area contributed by atoms with Crippen LogP contribution in [0.4, 0.5) is 0 Å². The van der Waals surface area contributed by atoms with Crippen molar-refractivity contribution < 1.29 is 9.59 Å². The van der Waals surface area contributed by atoms with E-state index >= 15 is 0 Å². The molecule has 0 heterocycles. The second kappa shape index (κ2) is 8.23. The van der Waals surface area contributed by atoms with E-state index in [1.165, 1.54) is 6.92 Å². The molecular formula is C18H22N2O2. The first-order chi connectivity index (χ1) is 10.7. The third kappa shape index (κ3) is 4.92. The highest BCUT2D eigenvalue weighted by molar-refractivity contribution is 5.87. The Morgan fingerprint density at radius 2 is 1.91 bits per heavy atom. The van der Waals surface area contributed by atoms with E-state index in [0.717, 1.165) is 31.2 Å². The van der Waals surface area contributed by atoms with Crippen molar-refractivity contribution in [2.24, 2.45) is 5.92 Å². The summed E-state index contributed by atoms with van der Waals surface area (Å²) in [5, 5.41) is 5.59. The summed E-state index contributed by atoms with van der Waals surface area (Å²) in [7, 11) is 0. The Hall–Kier alpha value is -2.28. The lowest BCUT2D eigenvalue weighted by Gasteiger charge is -2.22. The van der Waals surface area contributed by atoms with E-state index in [1.54, 1.807) is 0 Å². The fourth-order valence-electron chi connectivity index (χ4n) is 2.82. The molecule has 4 nitrogen and oxygen atoms in total. The van der Waals surface area contributed by atoms with Crippen LogP contribution in [0.3, 0.4) is 0 Å². The van der Waals surface area contributed by atoms with E-state index in [9.17, 15) is 9.59 Å². The van der Waals surface area contributed by atoms with Gasteiger partial charge in [-0.25, -0.2) is 0 Å². The Morgan fingerprint density at radius 3 is 2.55 bits per heavy atom. The van der Waals surface area contributed by atoms with Gasteiger partial charge in [0.2, 0.25) is 11.8 Å². The fourth-order valence-corrected chi connectivity index (χ4v) is 2.82. The second-order valence-electron chi connectivity index (χ2n) is 5.61. The van der Waals surface area contributed by atoms with Crippen LogP contribution in [0.15, 0.2) is 30.3 Å². The highest BCUT2D eigenvalue weighted by Crippen LogP contribution is 2.27. The molecule has 0 spiro atoms. The summed E-state index contributed by atoms with van der Waals surface area (Å²) in [5.74, 6) is 5.88. The molecule has 1 aliphatic rings. The summed E-state index contributed by atoms with van der Waals surface area (Å²) in [4.78, 5) is 23.6. The molecule has 1 aromatic rings. The first-order valence-electron chi connectivity index (χ1n) is 7.75. The van der Waals surface area contributed by atoms with E-state index < -0.39 is 6.04 Å². The Labute approximate surface area is 131 Å². The highest BCUT2D eigenvalue weighted by Gasteiger charge is 2.30. The third-order valence-corrected chi connectivity index (χ3v) is 3.87. The molecule has 0 aliphatic heterocycles. The topological polar surface area (TPSA) is 58.2 Å². The van der Waals surface area contributed by atoms with Crippen LogP contribution in [-0.2, 0) is 9.59 Å². The quantitative estimate of drug-likeness (QED) is 0.834. The van der Waals surface area contributed by atoms with E-state index in [0.29, 0.717) is 0 Å². The minimum absolute atomic E-state index is 0.135. The molecule has 1 unspecified atom stereocenters. The Morgan fingerprint density at radius 1 is 1.23 bits per heavy atom. The molecule has 22 heavy (non-hydrogen) atoms. The lowest BCUT2D eigenvalue weighted by atomic mass is 9.97. The number of amides is 2. The monoisotopic (exact) mass is 298 g/mol. The van der Waals surface area contributed by atoms with E-state index in [4.69, 9.17) is 0 Å². The lowest BCUT2D eigenvalue weighted by molar-refractivity contribution is -0.129. The molecule has 116 valence electrons. The minimum atomic E-state index is -0.432. The molecule has 1 aromatic carbocycles. The molecular weight excluding hydrogens is 276 g/mol. The van der Waals surface area contributed by atoms with Crippen molar-refractivity contribution in [1.29, 1.82) is 0 Å². The molecule has 0 aromatic heterocycles. The number of nitrogens with one attached hydrogen (secondary N) is 2. The average molecular weight is 298 g/mol. The Bertz CT molecular complexity index is 566. The zero-order chi connectivity index (χ0) is 15.8. The van der Waals surface area contributed by atoms with Gasteiger partial charge in [0.25, 0.3) is 0 Å². The maximum absolute atomic E-state index is 12.3. The van der Waals surface area contributed by atoms with E-state index in [2.05, 4.69) is 22.5 Å². The van der Waals surface area contributed by atoms with Crippen LogP contribution in [0.25, 0.3) is 0 Å². The molecule has 0 bridgehead atoms. The minimum Gasteiger partial charge on any atom is -0.344 e. The Balaban J connectivity index is 1.88. The number of rotatable bonds is 4. The van der Waals surface area contributed by atoms with Gasteiger partial charge in [0, 0.05) is 12.5 Å². The molecule has 1 fully saturated rings. The molecule has 0 saturated heterocycles. The number of benzene rings is 1. The van der Waals surface area contributed by atoms with Crippen molar-refractivity contribution in [3.8, 4) is 11.8 Å². The zero-order valence-corrected chi connectivity index (χ0v) is 12.9. The van der Waals surface area contributed by atoms with Crippen LogP contribution >= 0.6 is 0 Å². The average Bonchev–Trinajstić information content (AvgIpc) is 3.04. The van der Waals surface area contributed by atoms with Gasteiger partial charge in [-0.1, -0.05) is 42.9 Å². The summed E-state index contributed by atoms with van der Waals surface area (Å²) in [6.07, 6.45) is 4.24. The van der Waals surface area contributed by atoms with E-state index in [-0.39, 0.29) is 24.3 Å². The van der Waals surface area contributed by atoms with Crippen molar-refractivity contribution in [3.05, 3.63) is 35.9 Å². The second-order valence-corrected chi connectivity index (χ2v) is 5.61. The molecule has 2 amide bonds. The van der Waals surface area contributed by atoms with Gasteiger partial charge in [-0.05, 0) is 30.9 Å². The van der Waals surface area contributed by atoms with Crippen molar-refractivity contribution in [2.75, 3.05) is 6.54 Å². The maximum atomic E-state index is 12.3. The SMILES string of the molecule is CC(=O)NC(C(=O)NCC#Cc1ccccc1)C1CCCC1. The van der Waals surface area contributed by atoms with Gasteiger partial charge in [-0.2, -0.15) is 0 Å². The van der Waals surface area contributed by atoms with Crippen molar-refractivity contribution in [3.63, 3.8) is 0 Å². The van der Waals surface area contributed by atoms with Gasteiger partial charge in [0.1, 0.15) is 6.04 Å². The third-order valence-electron chi connectivity index (χ3n) is 3.87. The van der Waals surface area contributed by atoms with Gasteiger partial charge in [-0.3, -0.25) is 9.59 Å². The molecule has 2 rings (SSSR count). The van der Waals surface area contributed by atoms with Crippen LogP contribution in [0, 0.1) is 17.8 Å². The van der Waals surface area contributed by atoms with Crippen molar-refractivity contribution in [1.82, 2.24) is 10.6 Å². The van der Waals surface area contributed by atoms with Gasteiger partial charge < -0.3 is 10.6 Å². The Kier molecular flexibility index (Phi) is 6.02. The van der Waals surface area contributed by atoms with Crippen molar-refractivity contribution in [2.45, 2.75) is 38.6 Å². The van der Waals surface area contributed by atoms with Gasteiger partial charge in [0.05, 0.1) is 6.54 Å². The molecule has 4 heteroatoms. The van der Waals surface area contributed by atoms with Crippen LogP contribution < -0.4 is 10.6 Å². The van der Waals surface area contributed by atoms with Crippen LogP contribution in [-0.4, -0.2) is 24.4 Å². The molecule has 2 N–H and O–H groups in total. The normalized spacial score (nSPS) is 15.5. The van der Waals surface area contributed by atoms with Crippen LogP contribution in [0.2, 0.25) is 0 Å². The van der Waals surface area contributed by atoms with Gasteiger partial charge >= 0.3 is 0 Å². The summed E-state index contributed by atoms with van der Waals surface area (Å²) >= 11 is 0. The fraction of sp³-hybridized carbons (Fsp3) is 0.444. The van der Waals surface area contributed by atoms with Gasteiger partial charge in [0.15, 0.2) is 0 Å². The molecule has 1 saturated carbocycles. The predicted octanol–water partition coefficient (Wildman–Crippen LogP) is 1.85. The van der Waals surface area contributed by atoms with Crippen LogP contribution in [0.5, 0.6) is 0 Å². The highest BCUT2D eigenvalue weighted by atomic mass is 16.2. The number of carbonyl (C=O) groups excluding carboxylic acids is 2. The number of hydrogen-bond acceptors (Lipinski definition) is 2. The molecule has 1 aliphatic carbocycles. The van der Waals surface area contributed by atoms with E-state index in [1.807, 2.05) is 30.3 Å². The molecule has 0 radical (unpaired) electrons. The number of hydrogen-bond donors (Lipinski definition) is 2. The lowest BCUT2D eigenvalue weighted by Crippen LogP contribution is -2.49. The smallest absolute Gasteiger partial charge is 0.243 e. The maximum Gasteiger partial charge on any atom is 0.243 e. The standard InChI is InChI=1S/C18H22N2O2/c1-14(21)20-17(16-11-5-6-12-16)18(22)19-13-7-10-15-8-3-2-4-9-15/h2-4,8-9,16-17H,5-6,11-13H2,1H3,(H,19,22)(H,20,21). The summed E-state index contributed by atoms with van der Waals surface area (Å²) in [6.45, 7) is 1.74. The molecule has 1 atom stereocenters. The largest absolute Gasteiger partial charge is 0.344 e. The van der Waals surface area contributed by atoms with Gasteiger partial charge in [-0.15, -0.1) is 0 Å². The zero-order valence-electron chi connectivity index (χ0n) is 12.9. The predicted molar refractivity (Wildman–Crippen MR) is 85.9 cm³/mol. The first-order valence-corrected chi connectivity index (χ1v) is 7.75. The van der Waals surface area contributed by atoms with Crippen molar-refractivity contribution >= 4 is 11.8 Å².